The molecule has 2 heterocycles. The van der Waals surface area contributed by atoms with E-state index in [4.69, 9.17) is 11.6 Å². The summed E-state index contributed by atoms with van der Waals surface area (Å²) in [7, 11) is 1.74. The van der Waals surface area contributed by atoms with Crippen LogP contribution in [0.2, 0.25) is 5.02 Å². The normalized spacial score (nSPS) is 11.4. The Kier molecular flexibility index (Phi) is 1.82. The van der Waals surface area contributed by atoms with E-state index in [0.717, 1.165) is 11.0 Å². The molecule has 0 radical (unpaired) electrons. The fraction of sp³-hybridized carbons (Fsp3) is 0.0909. The van der Waals surface area contributed by atoms with E-state index in [0.29, 0.717) is 15.9 Å². The minimum Gasteiger partial charge on any atom is -0.352 e. The predicted octanol–water partition coefficient (Wildman–Crippen LogP) is 2.07. The van der Waals surface area contributed by atoms with Crippen molar-refractivity contribution in [3.63, 3.8) is 0 Å². The zero-order valence-electron chi connectivity index (χ0n) is 8.49. The van der Waals surface area contributed by atoms with Crippen LogP contribution < -0.4 is 5.43 Å². The third-order valence-electron chi connectivity index (χ3n) is 2.65. The van der Waals surface area contributed by atoms with Gasteiger partial charge in [-0.05, 0) is 18.2 Å². The number of aromatic nitrogens is 3. The lowest BCUT2D eigenvalue weighted by atomic mass is 10.2. The third-order valence-corrected chi connectivity index (χ3v) is 2.88. The van der Waals surface area contributed by atoms with Crippen LogP contribution in [0, 0.1) is 0 Å². The first-order chi connectivity index (χ1) is 7.66. The van der Waals surface area contributed by atoms with Crippen molar-refractivity contribution in [1.29, 1.82) is 0 Å². The zero-order valence-corrected chi connectivity index (χ0v) is 9.25. The van der Waals surface area contributed by atoms with Crippen molar-refractivity contribution < 1.29 is 0 Å². The molecule has 4 nitrogen and oxygen atoms in total. The van der Waals surface area contributed by atoms with Gasteiger partial charge in [0.1, 0.15) is 5.52 Å². The molecule has 16 heavy (non-hydrogen) atoms. The summed E-state index contributed by atoms with van der Waals surface area (Å²) in [4.78, 5) is 15.3. The van der Waals surface area contributed by atoms with E-state index in [2.05, 4.69) is 10.1 Å². The molecule has 0 saturated heterocycles. The van der Waals surface area contributed by atoms with Crippen LogP contribution in [0.4, 0.5) is 0 Å². The van der Waals surface area contributed by atoms with Crippen LogP contribution >= 0.6 is 11.6 Å². The van der Waals surface area contributed by atoms with Crippen molar-refractivity contribution in [2.75, 3.05) is 0 Å². The number of pyridine rings is 1. The summed E-state index contributed by atoms with van der Waals surface area (Å²) < 4.78 is 1.56. The zero-order chi connectivity index (χ0) is 11.3. The number of fused-ring (bicyclic) bond motifs is 2. The van der Waals surface area contributed by atoms with Gasteiger partial charge in [0.25, 0.3) is 0 Å². The maximum Gasteiger partial charge on any atom is 0.215 e. The highest BCUT2D eigenvalue weighted by molar-refractivity contribution is 6.31. The fourth-order valence-corrected chi connectivity index (χ4v) is 2.06. The van der Waals surface area contributed by atoms with E-state index < -0.39 is 0 Å². The van der Waals surface area contributed by atoms with Crippen molar-refractivity contribution in [2.45, 2.75) is 0 Å². The highest BCUT2D eigenvalue weighted by Gasteiger charge is 2.09. The standard InChI is InChI=1S/C11H8ClN3O/c1-15-10-9(5-13-15)14-8-3-2-6(12)4-7(8)11(10)16/h2-5H,1H3,(H,14,16). The molecule has 0 spiro atoms. The SMILES string of the molecule is Cn1ncc2[nH]c3ccc(Cl)cc3c(=O)c21. The molecular formula is C11H8ClN3O. The summed E-state index contributed by atoms with van der Waals surface area (Å²) in [5.74, 6) is 0. The third kappa shape index (κ3) is 1.17. The molecule has 1 N–H and O–H groups in total. The van der Waals surface area contributed by atoms with Crippen LogP contribution in [0.25, 0.3) is 21.9 Å². The molecule has 0 atom stereocenters. The molecule has 80 valence electrons. The quantitative estimate of drug-likeness (QED) is 0.646. The molecule has 3 aromatic rings. The Balaban J connectivity index is 2.64. The molecule has 5 heteroatoms. The largest absolute Gasteiger partial charge is 0.352 e. The van der Waals surface area contributed by atoms with E-state index >= 15 is 0 Å². The lowest BCUT2D eigenvalue weighted by Crippen LogP contribution is -2.07. The summed E-state index contributed by atoms with van der Waals surface area (Å²) in [6.45, 7) is 0. The van der Waals surface area contributed by atoms with Crippen molar-refractivity contribution in [2.24, 2.45) is 7.05 Å². The second-order valence-corrected chi connectivity index (χ2v) is 4.11. The molecule has 1 aromatic carbocycles. The Hall–Kier alpha value is -1.81. The van der Waals surface area contributed by atoms with Crippen LogP contribution in [-0.4, -0.2) is 14.8 Å². The van der Waals surface area contributed by atoms with Crippen molar-refractivity contribution >= 4 is 33.5 Å². The van der Waals surface area contributed by atoms with Crippen LogP contribution in [-0.2, 0) is 7.05 Å². The smallest absolute Gasteiger partial charge is 0.215 e. The number of halogens is 1. The first-order valence-electron chi connectivity index (χ1n) is 4.80. The minimum atomic E-state index is -0.0498. The van der Waals surface area contributed by atoms with Gasteiger partial charge < -0.3 is 4.98 Å². The Morgan fingerprint density at radius 3 is 3.00 bits per heavy atom. The average Bonchev–Trinajstić information content (AvgIpc) is 2.62. The lowest BCUT2D eigenvalue weighted by Gasteiger charge is -2.00. The number of aryl methyl sites for hydroxylation is 1. The number of benzene rings is 1. The highest BCUT2D eigenvalue weighted by Crippen LogP contribution is 2.17. The second kappa shape index (κ2) is 3.09. The van der Waals surface area contributed by atoms with Crippen LogP contribution in [0.5, 0.6) is 0 Å². The number of nitrogens with zero attached hydrogens (tertiary/aromatic N) is 2. The van der Waals surface area contributed by atoms with Gasteiger partial charge in [0.05, 0.1) is 11.7 Å². The summed E-state index contributed by atoms with van der Waals surface area (Å²) in [5, 5.41) is 5.20. The lowest BCUT2D eigenvalue weighted by molar-refractivity contribution is 0.795. The summed E-state index contributed by atoms with van der Waals surface area (Å²) in [6, 6.07) is 5.22. The molecule has 0 fully saturated rings. The second-order valence-electron chi connectivity index (χ2n) is 3.67. The van der Waals surface area contributed by atoms with Gasteiger partial charge in [-0.25, -0.2) is 0 Å². The summed E-state index contributed by atoms with van der Waals surface area (Å²) >= 11 is 5.88. The van der Waals surface area contributed by atoms with Crippen molar-refractivity contribution in [3.05, 3.63) is 39.6 Å². The number of hydrogen-bond acceptors (Lipinski definition) is 2. The molecule has 3 rings (SSSR count). The van der Waals surface area contributed by atoms with Crippen molar-refractivity contribution in [3.8, 4) is 0 Å². The minimum absolute atomic E-state index is 0.0498. The van der Waals surface area contributed by atoms with Gasteiger partial charge >= 0.3 is 0 Å². The molecule has 0 aliphatic carbocycles. The summed E-state index contributed by atoms with van der Waals surface area (Å²) in [5.41, 5.74) is 2.03. The monoisotopic (exact) mass is 233 g/mol. The van der Waals surface area contributed by atoms with E-state index in [-0.39, 0.29) is 5.43 Å². The van der Waals surface area contributed by atoms with Crippen LogP contribution in [0.3, 0.4) is 0 Å². The summed E-state index contributed by atoms with van der Waals surface area (Å²) in [6.07, 6.45) is 1.64. The highest BCUT2D eigenvalue weighted by atomic mass is 35.5. The Labute approximate surface area is 95.5 Å². The topological polar surface area (TPSA) is 50.7 Å². The number of aromatic amines is 1. The predicted molar refractivity (Wildman–Crippen MR) is 63.9 cm³/mol. The van der Waals surface area contributed by atoms with Gasteiger partial charge in [-0.15, -0.1) is 0 Å². The van der Waals surface area contributed by atoms with Gasteiger partial charge in [-0.1, -0.05) is 11.6 Å². The van der Waals surface area contributed by atoms with Gasteiger partial charge in [0, 0.05) is 23.0 Å². The van der Waals surface area contributed by atoms with E-state index in [1.54, 1.807) is 36.1 Å². The number of H-pyrrole nitrogens is 1. The molecule has 0 aliphatic heterocycles. The number of rotatable bonds is 0. The maximum absolute atomic E-state index is 12.2. The van der Waals surface area contributed by atoms with E-state index in [1.165, 1.54) is 0 Å². The molecule has 2 aromatic heterocycles. The maximum atomic E-state index is 12.2. The van der Waals surface area contributed by atoms with Crippen molar-refractivity contribution in [1.82, 2.24) is 14.8 Å². The van der Waals surface area contributed by atoms with Gasteiger partial charge in [-0.2, -0.15) is 5.10 Å². The van der Waals surface area contributed by atoms with Crippen LogP contribution in [0.1, 0.15) is 0 Å². The van der Waals surface area contributed by atoms with Gasteiger partial charge in [-0.3, -0.25) is 9.48 Å². The van der Waals surface area contributed by atoms with Gasteiger partial charge in [0.15, 0.2) is 0 Å². The Morgan fingerprint density at radius 1 is 1.38 bits per heavy atom. The molecule has 0 unspecified atom stereocenters. The Bertz CT molecular complexity index is 757. The van der Waals surface area contributed by atoms with Gasteiger partial charge in [0.2, 0.25) is 5.43 Å². The molecule has 0 saturated carbocycles. The molecule has 0 bridgehead atoms. The first kappa shape index (κ1) is 9.42. The molecule has 0 aliphatic rings. The number of hydrogen-bond donors (Lipinski definition) is 1. The van der Waals surface area contributed by atoms with E-state index in [9.17, 15) is 4.79 Å². The molecule has 0 amide bonds. The Morgan fingerprint density at radius 2 is 2.19 bits per heavy atom. The first-order valence-corrected chi connectivity index (χ1v) is 5.18. The fourth-order valence-electron chi connectivity index (χ4n) is 1.88. The van der Waals surface area contributed by atoms with E-state index in [1.807, 2.05) is 0 Å². The molecular weight excluding hydrogens is 226 g/mol. The average molecular weight is 234 g/mol. The van der Waals surface area contributed by atoms with Crippen LogP contribution in [0.15, 0.2) is 29.2 Å². The number of nitrogens with one attached hydrogen (secondary N) is 1.